The first-order chi connectivity index (χ1) is 22.2. The van der Waals surface area contributed by atoms with Crippen LogP contribution in [0.25, 0.3) is 0 Å². The second kappa shape index (κ2) is 14.7. The maximum atomic E-state index is 14.6. The summed E-state index contributed by atoms with van der Waals surface area (Å²) in [5.41, 5.74) is -1.36. The summed E-state index contributed by atoms with van der Waals surface area (Å²) >= 11 is 0. The Bertz CT molecular complexity index is 1270. The van der Waals surface area contributed by atoms with E-state index in [4.69, 9.17) is 14.2 Å². The van der Waals surface area contributed by atoms with E-state index >= 15 is 0 Å². The molecule has 1 N–H and O–H groups in total. The summed E-state index contributed by atoms with van der Waals surface area (Å²) in [5.74, 6) is -1.50. The zero-order valence-electron chi connectivity index (χ0n) is 27.4. The van der Waals surface area contributed by atoms with Crippen molar-refractivity contribution in [1.29, 1.82) is 0 Å². The molecule has 0 radical (unpaired) electrons. The topological polar surface area (TPSA) is 112 Å². The van der Waals surface area contributed by atoms with Crippen molar-refractivity contribution < 1.29 is 33.7 Å². The van der Waals surface area contributed by atoms with Crippen molar-refractivity contribution in [1.82, 2.24) is 14.7 Å². The second-order valence-electron chi connectivity index (χ2n) is 12.9. The van der Waals surface area contributed by atoms with Crippen LogP contribution in [0.15, 0.2) is 49.6 Å². The van der Waals surface area contributed by atoms with Crippen molar-refractivity contribution in [3.8, 4) is 5.75 Å². The van der Waals surface area contributed by atoms with Gasteiger partial charge >= 0.3 is 0 Å². The minimum Gasteiger partial charge on any atom is -0.494 e. The Balaban J connectivity index is 1.47. The van der Waals surface area contributed by atoms with E-state index in [0.717, 1.165) is 13.1 Å². The number of morpholine rings is 1. The van der Waals surface area contributed by atoms with E-state index in [1.807, 2.05) is 38.1 Å². The first-order valence-electron chi connectivity index (χ1n) is 16.7. The molecule has 0 aromatic heterocycles. The average molecular weight is 639 g/mol. The molecule has 252 valence electrons. The molecule has 46 heavy (non-hydrogen) atoms. The third-order valence-electron chi connectivity index (χ3n) is 10.1. The van der Waals surface area contributed by atoms with Gasteiger partial charge in [0.15, 0.2) is 0 Å². The molecule has 1 aromatic carbocycles. The first-order valence-corrected chi connectivity index (χ1v) is 16.7. The summed E-state index contributed by atoms with van der Waals surface area (Å²) in [7, 11) is 0. The van der Waals surface area contributed by atoms with Gasteiger partial charge in [-0.15, -0.1) is 13.2 Å². The summed E-state index contributed by atoms with van der Waals surface area (Å²) < 4.78 is 18.0. The predicted molar refractivity (Wildman–Crippen MR) is 174 cm³/mol. The van der Waals surface area contributed by atoms with Gasteiger partial charge < -0.3 is 34.0 Å². The monoisotopic (exact) mass is 638 g/mol. The molecular formula is C35H50N4O7. The van der Waals surface area contributed by atoms with Crippen LogP contribution >= 0.6 is 0 Å². The van der Waals surface area contributed by atoms with Crippen LogP contribution in [0.2, 0.25) is 0 Å². The number of ether oxygens (including phenoxy) is 3. The molecule has 4 aliphatic rings. The number of unbranched alkanes of at least 4 members (excludes halogenated alkanes) is 1. The first kappa shape index (κ1) is 34.1. The number of rotatable bonds is 16. The van der Waals surface area contributed by atoms with E-state index < -0.39 is 29.1 Å². The van der Waals surface area contributed by atoms with Gasteiger partial charge in [0, 0.05) is 58.1 Å². The van der Waals surface area contributed by atoms with Crippen LogP contribution in [0.1, 0.15) is 39.5 Å². The van der Waals surface area contributed by atoms with E-state index in [2.05, 4.69) is 18.1 Å². The fourth-order valence-corrected chi connectivity index (χ4v) is 7.93. The smallest absolute Gasteiger partial charge is 0.248 e. The van der Waals surface area contributed by atoms with Gasteiger partial charge in [-0.25, -0.2) is 0 Å². The van der Waals surface area contributed by atoms with Gasteiger partial charge in [0.1, 0.15) is 17.4 Å². The molecule has 11 nitrogen and oxygen atoms in total. The molecule has 4 fully saturated rings. The van der Waals surface area contributed by atoms with Gasteiger partial charge in [0.25, 0.3) is 0 Å². The maximum Gasteiger partial charge on any atom is 0.248 e. The van der Waals surface area contributed by atoms with E-state index in [0.29, 0.717) is 83.1 Å². The van der Waals surface area contributed by atoms with Gasteiger partial charge in [0.05, 0.1) is 37.3 Å². The van der Waals surface area contributed by atoms with Crippen molar-refractivity contribution in [3.05, 3.63) is 49.6 Å². The van der Waals surface area contributed by atoms with Crippen molar-refractivity contribution in [3.63, 3.8) is 0 Å². The van der Waals surface area contributed by atoms with Crippen LogP contribution in [0, 0.1) is 11.8 Å². The highest BCUT2D eigenvalue weighted by atomic mass is 16.5. The number of aliphatic hydroxyl groups excluding tert-OH is 1. The molecule has 11 heteroatoms. The Morgan fingerprint density at radius 2 is 1.78 bits per heavy atom. The molecule has 4 heterocycles. The molecule has 2 unspecified atom stereocenters. The minimum absolute atomic E-state index is 0.00830. The van der Waals surface area contributed by atoms with Crippen LogP contribution in [0.5, 0.6) is 5.75 Å². The van der Waals surface area contributed by atoms with Crippen molar-refractivity contribution in [2.75, 3.05) is 77.1 Å². The predicted octanol–water partition coefficient (Wildman–Crippen LogP) is 2.49. The number of likely N-dealkylation sites (tertiary alicyclic amines) is 1. The molecule has 5 atom stereocenters. The van der Waals surface area contributed by atoms with E-state index in [9.17, 15) is 19.5 Å². The SMILES string of the molecule is C=CCN(CCN1CCOCC1)C(=O)C1N(CCCCO)C(=O)[C@@H]2[C@@H](C(=O)N(CC=C)c3ccc(OCC)cc3)[C@@]3(C)CCC12O3. The molecule has 1 aromatic rings. The van der Waals surface area contributed by atoms with Gasteiger partial charge in [-0.2, -0.15) is 0 Å². The number of benzene rings is 1. The third kappa shape index (κ3) is 6.34. The summed E-state index contributed by atoms with van der Waals surface area (Å²) in [6, 6.07) is 6.46. The summed E-state index contributed by atoms with van der Waals surface area (Å²) in [5, 5.41) is 9.52. The summed E-state index contributed by atoms with van der Waals surface area (Å²) in [6.07, 6.45) is 5.49. The lowest BCUT2D eigenvalue weighted by Gasteiger charge is -2.37. The van der Waals surface area contributed by atoms with Crippen LogP contribution in [-0.4, -0.2) is 127 Å². The number of carbonyl (C=O) groups is 3. The number of aliphatic hydroxyl groups is 1. The Kier molecular flexibility index (Phi) is 10.9. The number of anilines is 1. The van der Waals surface area contributed by atoms with Crippen LogP contribution in [-0.2, 0) is 23.9 Å². The Hall–Kier alpha value is -3.25. The molecule has 4 aliphatic heterocycles. The summed E-state index contributed by atoms with van der Waals surface area (Å²) in [6.45, 7) is 17.1. The van der Waals surface area contributed by atoms with Crippen LogP contribution in [0.3, 0.4) is 0 Å². The van der Waals surface area contributed by atoms with E-state index in [1.165, 1.54) is 0 Å². The summed E-state index contributed by atoms with van der Waals surface area (Å²) in [4.78, 5) is 51.1. The number of hydrogen-bond donors (Lipinski definition) is 1. The Labute approximate surface area is 272 Å². The Morgan fingerprint density at radius 1 is 1.07 bits per heavy atom. The lowest BCUT2D eigenvalue weighted by atomic mass is 9.66. The number of amides is 3. The number of fused-ring (bicyclic) bond motifs is 1. The Morgan fingerprint density at radius 3 is 2.43 bits per heavy atom. The van der Waals surface area contributed by atoms with E-state index in [1.54, 1.807) is 26.9 Å². The van der Waals surface area contributed by atoms with Crippen LogP contribution in [0.4, 0.5) is 5.69 Å². The fourth-order valence-electron chi connectivity index (χ4n) is 7.93. The highest BCUT2D eigenvalue weighted by Gasteiger charge is 2.78. The lowest BCUT2D eigenvalue weighted by molar-refractivity contribution is -0.151. The van der Waals surface area contributed by atoms with Crippen molar-refractivity contribution in [2.24, 2.45) is 11.8 Å². The fraction of sp³-hybridized carbons (Fsp3) is 0.629. The molecule has 5 rings (SSSR count). The molecule has 3 amide bonds. The molecule has 0 aliphatic carbocycles. The highest BCUT2D eigenvalue weighted by Crippen LogP contribution is 2.63. The quantitative estimate of drug-likeness (QED) is 0.217. The van der Waals surface area contributed by atoms with Gasteiger partial charge in [-0.3, -0.25) is 19.3 Å². The molecule has 4 saturated heterocycles. The van der Waals surface area contributed by atoms with Crippen molar-refractivity contribution in [2.45, 2.75) is 56.8 Å². The minimum atomic E-state index is -1.13. The number of nitrogens with zero attached hydrogens (tertiary/aromatic N) is 4. The normalized spacial score (nSPS) is 28.6. The average Bonchev–Trinajstić information content (AvgIpc) is 3.63. The number of hydrogen-bond acceptors (Lipinski definition) is 8. The largest absolute Gasteiger partial charge is 0.494 e. The van der Waals surface area contributed by atoms with Gasteiger partial charge in [0.2, 0.25) is 17.7 Å². The maximum absolute atomic E-state index is 14.6. The van der Waals surface area contributed by atoms with E-state index in [-0.39, 0.29) is 30.9 Å². The lowest BCUT2D eigenvalue weighted by Crippen LogP contribution is -2.57. The van der Waals surface area contributed by atoms with Gasteiger partial charge in [-0.1, -0.05) is 12.2 Å². The standard InChI is InChI=1S/C35H50N4O7/c1-5-16-37(20-19-36-21-24-44-25-22-36)33(43)30-35-15-14-34(4,46-35)28(29(35)32(42)39(30)18-8-9-23-40)31(41)38(17-6-2)26-10-12-27(13-11-26)45-7-3/h5-6,10-13,28-30,40H,1-2,7-9,14-25H2,3-4H3/t28-,29-,30?,34+,35?/m0/s1. The third-order valence-corrected chi connectivity index (χ3v) is 10.1. The molecular weight excluding hydrogens is 588 g/mol. The van der Waals surface area contributed by atoms with Crippen LogP contribution < -0.4 is 9.64 Å². The number of carbonyl (C=O) groups excluding carboxylic acids is 3. The van der Waals surface area contributed by atoms with Gasteiger partial charge in [-0.05, 0) is 63.8 Å². The highest BCUT2D eigenvalue weighted by molar-refractivity contribution is 6.03. The zero-order valence-corrected chi connectivity index (χ0v) is 27.4. The molecule has 1 spiro atoms. The zero-order chi connectivity index (χ0) is 32.9. The molecule has 0 saturated carbocycles. The van der Waals surface area contributed by atoms with Crippen molar-refractivity contribution >= 4 is 23.4 Å². The second-order valence-corrected chi connectivity index (χ2v) is 12.9. The molecule has 2 bridgehead atoms.